The van der Waals surface area contributed by atoms with Gasteiger partial charge in [-0.2, -0.15) is 40.5 Å². The molecule has 0 bridgehead atoms. The van der Waals surface area contributed by atoms with E-state index >= 15 is 0 Å². The van der Waals surface area contributed by atoms with Crippen LogP contribution in [-0.4, -0.2) is 21.4 Å². The molecule has 0 aromatic heterocycles. The first-order valence-electron chi connectivity index (χ1n) is 12.9. The summed E-state index contributed by atoms with van der Waals surface area (Å²) in [6.07, 6.45) is 14.4. The molecule has 0 atom stereocenters. The Kier molecular flexibility index (Phi) is 41.8. The Morgan fingerprint density at radius 2 is 0.781 bits per heavy atom. The van der Waals surface area contributed by atoms with Crippen LogP contribution in [0.15, 0.2) is 0 Å². The van der Waals surface area contributed by atoms with Gasteiger partial charge in [-0.1, -0.05) is 79.1 Å². The fourth-order valence-corrected chi connectivity index (χ4v) is 2.28. The van der Waals surface area contributed by atoms with Crippen LogP contribution >= 0.6 is 0 Å². The summed E-state index contributed by atoms with van der Waals surface area (Å²) in [6.45, 7) is 24.9. The maximum atomic E-state index is 9.15. The minimum atomic E-state index is -0.448. The van der Waals surface area contributed by atoms with Crippen molar-refractivity contribution >= 4 is 0 Å². The second kappa shape index (κ2) is 31.4. The quantitative estimate of drug-likeness (QED) is 0.210. The number of unbranched alkanes of at least 4 members (excludes halogenated alkanes) is 4. The molecule has 32 heavy (non-hydrogen) atoms. The topological polar surface area (TPSA) is 57.5 Å². The van der Waals surface area contributed by atoms with Gasteiger partial charge in [0.25, 0.3) is 0 Å². The van der Waals surface area contributed by atoms with Crippen molar-refractivity contribution in [3.05, 3.63) is 11.8 Å². The van der Waals surface area contributed by atoms with Crippen LogP contribution in [0.2, 0.25) is 0 Å². The standard InChI is InChI=1S/2C7H16O.2C7H15.O.Ti/c2*1-4-5-6-7(2,3)8;2*1-4-5-6-7(2)3;;/h2*8H,4-6H2,1-3H3;2*4-6H2,1-3H3;;/q;;2*-1;;+2. The Bertz CT molecular complexity index is 275. The molecule has 3 nitrogen and oxygen atoms in total. The van der Waals surface area contributed by atoms with Crippen LogP contribution < -0.4 is 0 Å². The summed E-state index contributed by atoms with van der Waals surface area (Å²) in [5.41, 5.74) is -0.897. The summed E-state index contributed by atoms with van der Waals surface area (Å²) >= 11 is 0.750. The third-order valence-electron chi connectivity index (χ3n) is 4.34. The van der Waals surface area contributed by atoms with Crippen LogP contribution in [0.5, 0.6) is 0 Å². The molecule has 0 fully saturated rings. The Morgan fingerprint density at radius 3 is 0.844 bits per heavy atom. The van der Waals surface area contributed by atoms with Crippen LogP contribution in [0.3, 0.4) is 0 Å². The van der Waals surface area contributed by atoms with Gasteiger partial charge in [-0.15, -0.1) is 0 Å². The van der Waals surface area contributed by atoms with Gasteiger partial charge in [0.15, 0.2) is 0 Å². The molecule has 0 aliphatic rings. The van der Waals surface area contributed by atoms with E-state index in [1.807, 2.05) is 27.7 Å². The molecule has 0 heterocycles. The molecule has 196 valence electrons. The van der Waals surface area contributed by atoms with Crippen LogP contribution in [0.1, 0.15) is 160 Å². The van der Waals surface area contributed by atoms with Crippen LogP contribution in [0, 0.1) is 11.8 Å². The Hall–Kier alpha value is 0.434. The second-order valence-corrected chi connectivity index (χ2v) is 10.5. The third kappa shape index (κ3) is 77.6. The number of aliphatic hydroxyl groups is 2. The zero-order valence-electron chi connectivity index (χ0n) is 24.3. The summed E-state index contributed by atoms with van der Waals surface area (Å²) in [5, 5.41) is 18.3. The summed E-state index contributed by atoms with van der Waals surface area (Å²) in [5.74, 6) is 3.11. The van der Waals surface area contributed by atoms with Crippen LogP contribution in [-0.2, 0) is 23.7 Å². The zero-order chi connectivity index (χ0) is 26.6. The van der Waals surface area contributed by atoms with Gasteiger partial charge >= 0.3 is 23.7 Å². The molecule has 0 unspecified atom stereocenters. The average Bonchev–Trinajstić information content (AvgIpc) is 2.69. The van der Waals surface area contributed by atoms with E-state index in [4.69, 9.17) is 13.5 Å². The molecule has 0 aromatic carbocycles. The minimum absolute atomic E-state index is 0.448. The molecule has 0 saturated carbocycles. The van der Waals surface area contributed by atoms with Crippen LogP contribution in [0.4, 0.5) is 0 Å². The molecule has 0 aliphatic carbocycles. The Balaban J connectivity index is -0.0000000987. The van der Waals surface area contributed by atoms with Crippen molar-refractivity contribution in [2.75, 3.05) is 0 Å². The van der Waals surface area contributed by atoms with E-state index in [2.05, 4.69) is 55.4 Å². The Morgan fingerprint density at radius 1 is 0.562 bits per heavy atom. The van der Waals surface area contributed by atoms with Crippen molar-refractivity contribution in [3.8, 4) is 0 Å². The van der Waals surface area contributed by atoms with Gasteiger partial charge in [0.1, 0.15) is 0 Å². The van der Waals surface area contributed by atoms with Crippen molar-refractivity contribution in [3.63, 3.8) is 0 Å². The van der Waals surface area contributed by atoms with E-state index in [1.54, 1.807) is 11.8 Å². The van der Waals surface area contributed by atoms with Crippen molar-refractivity contribution in [1.82, 2.24) is 0 Å². The summed E-state index contributed by atoms with van der Waals surface area (Å²) in [4.78, 5) is 0. The molecule has 0 aliphatic heterocycles. The second-order valence-electron chi connectivity index (χ2n) is 10.5. The molecule has 0 rings (SSSR count). The van der Waals surface area contributed by atoms with Crippen LogP contribution in [0.25, 0.3) is 0 Å². The molecule has 0 spiro atoms. The predicted octanol–water partition coefficient (Wildman–Crippen LogP) is 9.36. The number of hydrogen-bond acceptors (Lipinski definition) is 3. The maximum absolute atomic E-state index is 9.15. The summed E-state index contributed by atoms with van der Waals surface area (Å²) in [7, 11) is 0. The summed E-state index contributed by atoms with van der Waals surface area (Å²) < 4.78 is 8.25. The molecule has 0 radical (unpaired) electrons. The molecular formula is C28H62O3Ti. The first-order chi connectivity index (χ1) is 14.7. The Labute approximate surface area is 216 Å². The summed E-state index contributed by atoms with van der Waals surface area (Å²) in [6, 6.07) is 0. The molecule has 0 amide bonds. The number of hydrogen-bond donors (Lipinski definition) is 2. The number of rotatable bonds is 12. The van der Waals surface area contributed by atoms with E-state index in [0.29, 0.717) is 0 Å². The van der Waals surface area contributed by atoms with E-state index in [1.165, 1.54) is 51.4 Å². The van der Waals surface area contributed by atoms with E-state index in [0.717, 1.165) is 46.1 Å². The van der Waals surface area contributed by atoms with Gasteiger partial charge in [-0.05, 0) is 40.5 Å². The monoisotopic (exact) mass is 494 g/mol. The normalized spacial score (nSPS) is 10.7. The first kappa shape index (κ1) is 42.6. The van der Waals surface area contributed by atoms with Gasteiger partial charge in [0.2, 0.25) is 0 Å². The van der Waals surface area contributed by atoms with Gasteiger partial charge < -0.3 is 22.0 Å². The average molecular weight is 495 g/mol. The fraction of sp³-hybridized carbons (Fsp3) is 0.929. The molecule has 2 N–H and O–H groups in total. The van der Waals surface area contributed by atoms with Gasteiger partial charge in [-0.25, -0.2) is 0 Å². The predicted molar refractivity (Wildman–Crippen MR) is 141 cm³/mol. The van der Waals surface area contributed by atoms with E-state index in [-0.39, 0.29) is 0 Å². The van der Waals surface area contributed by atoms with Gasteiger partial charge in [-0.3, -0.25) is 0 Å². The zero-order valence-corrected chi connectivity index (χ0v) is 25.8. The molecule has 4 heteroatoms. The van der Waals surface area contributed by atoms with Gasteiger partial charge in [0, 0.05) is 0 Å². The van der Waals surface area contributed by atoms with E-state index < -0.39 is 11.2 Å². The van der Waals surface area contributed by atoms with Crippen molar-refractivity contribution in [1.29, 1.82) is 0 Å². The van der Waals surface area contributed by atoms with Crippen molar-refractivity contribution in [2.24, 2.45) is 0 Å². The van der Waals surface area contributed by atoms with Crippen molar-refractivity contribution in [2.45, 2.75) is 171 Å². The first-order valence-corrected chi connectivity index (χ1v) is 13.5. The molecular weight excluding hydrogens is 432 g/mol. The van der Waals surface area contributed by atoms with Crippen molar-refractivity contribution < 1.29 is 33.9 Å². The molecule has 0 aromatic rings. The SMILES string of the molecule is CCCCC(C)(C)O.CCCCC(C)(C)O.CCCC[C-](C)C.CCCC[C-](C)C.[O]=[Ti+2]. The fourth-order valence-electron chi connectivity index (χ4n) is 2.28. The van der Waals surface area contributed by atoms with Gasteiger partial charge in [0.05, 0.1) is 11.2 Å². The van der Waals surface area contributed by atoms with E-state index in [9.17, 15) is 0 Å². The molecule has 0 saturated heterocycles. The third-order valence-corrected chi connectivity index (χ3v) is 4.34.